The fourth-order valence-corrected chi connectivity index (χ4v) is 5.29. The normalized spacial score (nSPS) is 20.7. The minimum atomic E-state index is -1.20. The molecular formula is C13H15N11O4S2. The molecule has 0 spiro atoms. The first kappa shape index (κ1) is 20.1. The summed E-state index contributed by atoms with van der Waals surface area (Å²) in [6, 6.07) is -0.838. The number of tetrazole rings is 2. The zero-order valence-corrected chi connectivity index (χ0v) is 17.0. The zero-order chi connectivity index (χ0) is 21.4. The van der Waals surface area contributed by atoms with Crippen LogP contribution in [-0.4, -0.2) is 91.1 Å². The number of thioether (sulfide) groups is 2. The van der Waals surface area contributed by atoms with Gasteiger partial charge in [-0.1, -0.05) is 16.9 Å². The summed E-state index contributed by atoms with van der Waals surface area (Å²) in [5.41, 5.74) is 5.86. The molecule has 15 nitrogen and oxygen atoms in total. The lowest BCUT2D eigenvalue weighted by Crippen LogP contribution is -2.70. The fourth-order valence-electron chi connectivity index (χ4n) is 2.96. The fraction of sp³-hybridized carbons (Fsp3) is 0.462. The summed E-state index contributed by atoms with van der Waals surface area (Å²) in [7, 11) is 1.68. The second-order valence-corrected chi connectivity index (χ2v) is 8.31. The van der Waals surface area contributed by atoms with Crippen molar-refractivity contribution < 1.29 is 19.5 Å². The number of aryl methyl sites for hydroxylation is 1. The van der Waals surface area contributed by atoms with Crippen LogP contribution < -0.4 is 11.1 Å². The molecule has 1 fully saturated rings. The first-order valence-electron chi connectivity index (χ1n) is 8.43. The Balaban J connectivity index is 1.44. The number of amides is 2. The third-order valence-electron chi connectivity index (χ3n) is 4.28. The van der Waals surface area contributed by atoms with E-state index in [-0.39, 0.29) is 18.2 Å². The van der Waals surface area contributed by atoms with E-state index >= 15 is 0 Å². The van der Waals surface area contributed by atoms with Gasteiger partial charge in [0.15, 0.2) is 0 Å². The number of aliphatic carboxylic acids is 1. The van der Waals surface area contributed by atoms with Crippen LogP contribution in [0, 0.1) is 0 Å². The molecule has 4 rings (SSSR count). The second kappa shape index (κ2) is 7.90. The maximum absolute atomic E-state index is 12.6. The molecule has 0 bridgehead atoms. The van der Waals surface area contributed by atoms with Crippen LogP contribution in [0.2, 0.25) is 0 Å². The molecule has 0 saturated carbocycles. The van der Waals surface area contributed by atoms with Gasteiger partial charge in [0.1, 0.15) is 23.7 Å². The van der Waals surface area contributed by atoms with Gasteiger partial charge >= 0.3 is 5.97 Å². The van der Waals surface area contributed by atoms with E-state index in [2.05, 4.69) is 36.3 Å². The summed E-state index contributed by atoms with van der Waals surface area (Å²) < 4.78 is 1.47. The monoisotopic (exact) mass is 453 g/mol. The van der Waals surface area contributed by atoms with Gasteiger partial charge in [0.25, 0.3) is 11.9 Å². The van der Waals surface area contributed by atoms with Crippen molar-refractivity contribution in [1.82, 2.24) is 50.6 Å². The molecule has 4 N–H and O–H groups in total. The topological polar surface area (TPSA) is 200 Å². The molecule has 0 aliphatic carbocycles. The number of anilines is 1. The smallest absolute Gasteiger partial charge is 0.352 e. The Morgan fingerprint density at radius 1 is 1.37 bits per heavy atom. The number of carbonyl (C=O) groups excluding carboxylic acids is 2. The van der Waals surface area contributed by atoms with Gasteiger partial charge in [-0.05, 0) is 21.2 Å². The standard InChI is InChI=1S/C13H15N11O4S2/c1-22-13(17-19-21-22)30-4-5-3-29-10-7(9(26)24(10)8(5)11(27)28)15-6(25)2-23-18-12(14)16-20-23/h7,10H,2-4H2,1H3,(H2,14,18)(H,15,25)(H,27,28)/t7?,10-/m0/s1. The average molecular weight is 453 g/mol. The van der Waals surface area contributed by atoms with E-state index in [0.717, 1.165) is 4.80 Å². The number of rotatable bonds is 7. The van der Waals surface area contributed by atoms with Gasteiger partial charge in [0.05, 0.1) is 0 Å². The first-order valence-corrected chi connectivity index (χ1v) is 10.5. The van der Waals surface area contributed by atoms with Crippen LogP contribution in [0.3, 0.4) is 0 Å². The Kier molecular flexibility index (Phi) is 5.29. The number of carboxylic acid groups (broad SMARTS) is 1. The molecule has 2 aromatic rings. The van der Waals surface area contributed by atoms with Crippen LogP contribution in [-0.2, 0) is 28.0 Å². The Labute approximate surface area is 176 Å². The predicted molar refractivity (Wildman–Crippen MR) is 101 cm³/mol. The Hall–Kier alpha value is -3.21. The molecule has 30 heavy (non-hydrogen) atoms. The molecule has 17 heteroatoms. The van der Waals surface area contributed by atoms with Crippen molar-refractivity contribution in [3.8, 4) is 0 Å². The van der Waals surface area contributed by atoms with Crippen molar-refractivity contribution in [2.75, 3.05) is 17.2 Å². The van der Waals surface area contributed by atoms with Crippen molar-refractivity contribution >= 4 is 47.3 Å². The number of carboxylic acids is 1. The summed E-state index contributed by atoms with van der Waals surface area (Å²) in [5.74, 6) is -1.57. The molecule has 2 amide bonds. The molecule has 2 aromatic heterocycles. The maximum atomic E-state index is 12.6. The predicted octanol–water partition coefficient (Wildman–Crippen LogP) is -2.69. The molecule has 158 valence electrons. The van der Waals surface area contributed by atoms with E-state index in [9.17, 15) is 19.5 Å². The number of aromatic nitrogens is 8. The van der Waals surface area contributed by atoms with E-state index in [1.807, 2.05) is 0 Å². The lowest BCUT2D eigenvalue weighted by molar-refractivity contribution is -0.150. The van der Waals surface area contributed by atoms with Crippen LogP contribution in [0.4, 0.5) is 5.95 Å². The number of β-lactam (4-membered cyclic amide) rings is 1. The van der Waals surface area contributed by atoms with Gasteiger partial charge in [-0.25, -0.2) is 9.48 Å². The van der Waals surface area contributed by atoms with Gasteiger partial charge in [0.2, 0.25) is 11.1 Å². The number of hydrogen-bond donors (Lipinski definition) is 3. The summed E-state index contributed by atoms with van der Waals surface area (Å²) in [6.07, 6.45) is 0. The number of nitrogen functional groups attached to an aromatic ring is 1. The summed E-state index contributed by atoms with van der Waals surface area (Å²) in [4.78, 5) is 38.9. The maximum Gasteiger partial charge on any atom is 0.352 e. The Morgan fingerprint density at radius 3 is 2.80 bits per heavy atom. The van der Waals surface area contributed by atoms with Crippen molar-refractivity contribution in [2.45, 2.75) is 23.1 Å². The second-order valence-electron chi connectivity index (χ2n) is 6.26. The van der Waals surface area contributed by atoms with Crippen LogP contribution in [0.1, 0.15) is 0 Å². The SMILES string of the molecule is Cn1nnnc1SCC1=C(C(=O)O)N2C(=O)C(NC(=O)Cn3nnc(N)n3)[C@@H]2SC1. The quantitative estimate of drug-likeness (QED) is 0.289. The lowest BCUT2D eigenvalue weighted by Gasteiger charge is -2.49. The van der Waals surface area contributed by atoms with Gasteiger partial charge < -0.3 is 16.2 Å². The van der Waals surface area contributed by atoms with Crippen molar-refractivity contribution in [1.29, 1.82) is 0 Å². The number of hydrogen-bond acceptors (Lipinski definition) is 12. The van der Waals surface area contributed by atoms with Gasteiger partial charge in [-0.15, -0.1) is 22.0 Å². The minimum absolute atomic E-state index is 0.0670. The molecule has 0 radical (unpaired) electrons. The van der Waals surface area contributed by atoms with Crippen LogP contribution in [0.25, 0.3) is 0 Å². The van der Waals surface area contributed by atoms with E-state index in [4.69, 9.17) is 5.73 Å². The molecule has 2 atom stereocenters. The van der Waals surface area contributed by atoms with E-state index in [1.165, 1.54) is 33.1 Å². The lowest BCUT2D eigenvalue weighted by atomic mass is 10.0. The Bertz CT molecular complexity index is 1050. The van der Waals surface area contributed by atoms with Gasteiger partial charge in [-0.3, -0.25) is 14.5 Å². The van der Waals surface area contributed by atoms with E-state index in [0.29, 0.717) is 22.2 Å². The molecule has 1 unspecified atom stereocenters. The highest BCUT2D eigenvalue weighted by atomic mass is 32.2. The molecular weight excluding hydrogens is 438 g/mol. The number of nitrogens with one attached hydrogen (secondary N) is 1. The van der Waals surface area contributed by atoms with Crippen molar-refractivity contribution in [3.63, 3.8) is 0 Å². The minimum Gasteiger partial charge on any atom is -0.477 e. The molecule has 1 saturated heterocycles. The summed E-state index contributed by atoms with van der Waals surface area (Å²) in [5, 5.41) is 34.1. The van der Waals surface area contributed by atoms with Crippen LogP contribution >= 0.6 is 23.5 Å². The van der Waals surface area contributed by atoms with Crippen molar-refractivity contribution in [3.05, 3.63) is 11.3 Å². The summed E-state index contributed by atoms with van der Waals surface area (Å²) >= 11 is 2.65. The number of fused-ring (bicyclic) bond motifs is 1. The number of nitrogens with zero attached hydrogens (tertiary/aromatic N) is 9. The van der Waals surface area contributed by atoms with E-state index in [1.54, 1.807) is 7.05 Å². The largest absolute Gasteiger partial charge is 0.477 e. The summed E-state index contributed by atoms with van der Waals surface area (Å²) in [6.45, 7) is -0.263. The number of carbonyl (C=O) groups is 3. The highest BCUT2D eigenvalue weighted by Crippen LogP contribution is 2.41. The van der Waals surface area contributed by atoms with Crippen molar-refractivity contribution in [2.24, 2.45) is 7.05 Å². The number of nitrogens with two attached hydrogens (primary N) is 1. The third kappa shape index (κ3) is 3.67. The molecule has 4 heterocycles. The average Bonchev–Trinajstić information content (AvgIpc) is 3.31. The molecule has 0 aromatic carbocycles. The highest BCUT2D eigenvalue weighted by Gasteiger charge is 2.54. The van der Waals surface area contributed by atoms with Gasteiger partial charge in [-0.2, -0.15) is 4.80 Å². The third-order valence-corrected chi connectivity index (χ3v) is 6.71. The van der Waals surface area contributed by atoms with E-state index < -0.39 is 29.2 Å². The molecule has 2 aliphatic rings. The Morgan fingerprint density at radius 2 is 2.17 bits per heavy atom. The zero-order valence-electron chi connectivity index (χ0n) is 15.4. The van der Waals surface area contributed by atoms with Gasteiger partial charge in [0, 0.05) is 18.6 Å². The van der Waals surface area contributed by atoms with Crippen LogP contribution in [0.5, 0.6) is 0 Å². The first-order chi connectivity index (χ1) is 14.3. The molecule has 2 aliphatic heterocycles. The van der Waals surface area contributed by atoms with Crippen LogP contribution in [0.15, 0.2) is 16.4 Å². The highest BCUT2D eigenvalue weighted by molar-refractivity contribution is 8.01.